The van der Waals surface area contributed by atoms with Gasteiger partial charge in [-0.2, -0.15) is 5.26 Å². The normalized spacial score (nSPS) is 14.0. The number of nitriles is 1. The van der Waals surface area contributed by atoms with Gasteiger partial charge in [0.1, 0.15) is 11.9 Å². The fourth-order valence-corrected chi connectivity index (χ4v) is 2.95. The third-order valence-corrected chi connectivity index (χ3v) is 4.12. The predicted molar refractivity (Wildman–Crippen MR) is 85.5 cm³/mol. The fourth-order valence-electron chi connectivity index (χ4n) is 2.95. The Morgan fingerprint density at radius 2 is 2.17 bits per heavy atom. The molecule has 2 heterocycles. The average molecular weight is 312 g/mol. The standard InChI is InChI=1S/C17H17FN4O/c1-11-6-13(18)7-14-16(11)20-9-12(8-19)17(14)21-10-15(23)22-4-2-3-5-22/h6-7,9H,2-5,10H2,1H3,(H,20,21). The number of benzene rings is 1. The molecule has 118 valence electrons. The Morgan fingerprint density at radius 3 is 2.87 bits per heavy atom. The van der Waals surface area contributed by atoms with Gasteiger partial charge in [-0.15, -0.1) is 0 Å². The maximum absolute atomic E-state index is 13.7. The number of hydrogen-bond donors (Lipinski definition) is 1. The Kier molecular flexibility index (Phi) is 4.11. The molecule has 0 bridgehead atoms. The lowest BCUT2D eigenvalue weighted by molar-refractivity contribution is -0.128. The summed E-state index contributed by atoms with van der Waals surface area (Å²) in [6.07, 6.45) is 3.51. The van der Waals surface area contributed by atoms with Crippen molar-refractivity contribution in [2.75, 3.05) is 25.0 Å². The molecule has 1 fully saturated rings. The van der Waals surface area contributed by atoms with Crippen molar-refractivity contribution >= 4 is 22.5 Å². The van der Waals surface area contributed by atoms with E-state index in [1.807, 2.05) is 6.07 Å². The molecule has 1 amide bonds. The molecule has 0 atom stereocenters. The van der Waals surface area contributed by atoms with E-state index in [4.69, 9.17) is 0 Å². The number of halogens is 1. The molecule has 1 N–H and O–H groups in total. The van der Waals surface area contributed by atoms with Gasteiger partial charge in [0.2, 0.25) is 5.91 Å². The fraction of sp³-hybridized carbons (Fsp3) is 0.353. The number of aromatic nitrogens is 1. The molecule has 2 aromatic rings. The van der Waals surface area contributed by atoms with E-state index in [1.54, 1.807) is 11.8 Å². The van der Waals surface area contributed by atoms with Gasteiger partial charge in [-0.1, -0.05) is 0 Å². The minimum atomic E-state index is -0.388. The number of carbonyl (C=O) groups excluding carboxylic acids is 1. The number of hydrogen-bond acceptors (Lipinski definition) is 4. The van der Waals surface area contributed by atoms with Gasteiger partial charge in [-0.05, 0) is 37.5 Å². The Balaban J connectivity index is 1.94. The Morgan fingerprint density at radius 1 is 1.43 bits per heavy atom. The van der Waals surface area contributed by atoms with Gasteiger partial charge in [0, 0.05) is 24.7 Å². The minimum Gasteiger partial charge on any atom is -0.374 e. The van der Waals surface area contributed by atoms with E-state index in [0.29, 0.717) is 27.7 Å². The van der Waals surface area contributed by atoms with Crippen molar-refractivity contribution in [1.82, 2.24) is 9.88 Å². The molecule has 1 aliphatic rings. The predicted octanol–water partition coefficient (Wildman–Crippen LogP) is 2.59. The molecule has 0 saturated carbocycles. The zero-order chi connectivity index (χ0) is 16.4. The minimum absolute atomic E-state index is 0.00974. The molecule has 3 rings (SSSR count). The first-order valence-corrected chi connectivity index (χ1v) is 7.61. The molecule has 5 nitrogen and oxygen atoms in total. The summed E-state index contributed by atoms with van der Waals surface area (Å²) in [5.74, 6) is -0.398. The van der Waals surface area contributed by atoms with Crippen LogP contribution in [0.5, 0.6) is 0 Å². The second kappa shape index (κ2) is 6.21. The number of amides is 1. The molecular weight excluding hydrogens is 295 g/mol. The summed E-state index contributed by atoms with van der Waals surface area (Å²) in [5.41, 5.74) is 2.09. The van der Waals surface area contributed by atoms with E-state index in [-0.39, 0.29) is 18.3 Å². The van der Waals surface area contributed by atoms with Gasteiger partial charge >= 0.3 is 0 Å². The van der Waals surface area contributed by atoms with Crippen LogP contribution in [0.25, 0.3) is 10.9 Å². The summed E-state index contributed by atoms with van der Waals surface area (Å²) >= 11 is 0. The molecule has 1 aromatic heterocycles. The maximum atomic E-state index is 13.7. The van der Waals surface area contributed by atoms with Gasteiger partial charge in [0.25, 0.3) is 0 Å². The van der Waals surface area contributed by atoms with Crippen LogP contribution in [-0.2, 0) is 4.79 Å². The summed E-state index contributed by atoms with van der Waals surface area (Å²) in [4.78, 5) is 18.2. The molecule has 6 heteroatoms. The molecule has 23 heavy (non-hydrogen) atoms. The number of rotatable bonds is 3. The SMILES string of the molecule is Cc1cc(F)cc2c(NCC(=O)N3CCCC3)c(C#N)cnc12. The summed E-state index contributed by atoms with van der Waals surface area (Å²) in [6, 6.07) is 4.80. The number of pyridine rings is 1. The third kappa shape index (κ3) is 2.95. The van der Waals surface area contributed by atoms with Gasteiger partial charge in [0.15, 0.2) is 0 Å². The molecule has 1 aromatic carbocycles. The number of carbonyl (C=O) groups is 1. The Hall–Kier alpha value is -2.68. The van der Waals surface area contributed by atoms with Crippen LogP contribution >= 0.6 is 0 Å². The number of nitrogens with one attached hydrogen (secondary N) is 1. The topological polar surface area (TPSA) is 69.0 Å². The van der Waals surface area contributed by atoms with E-state index < -0.39 is 0 Å². The maximum Gasteiger partial charge on any atom is 0.241 e. The highest BCUT2D eigenvalue weighted by Crippen LogP contribution is 2.28. The summed E-state index contributed by atoms with van der Waals surface area (Å²) < 4.78 is 13.7. The number of aryl methyl sites for hydroxylation is 1. The number of likely N-dealkylation sites (tertiary alicyclic amines) is 1. The molecule has 1 aliphatic heterocycles. The highest BCUT2D eigenvalue weighted by atomic mass is 19.1. The van der Waals surface area contributed by atoms with Crippen LogP contribution in [0.2, 0.25) is 0 Å². The van der Waals surface area contributed by atoms with Crippen LogP contribution in [0.4, 0.5) is 10.1 Å². The lowest BCUT2D eigenvalue weighted by Crippen LogP contribution is -2.33. The van der Waals surface area contributed by atoms with Gasteiger partial charge in [-0.3, -0.25) is 9.78 Å². The number of anilines is 1. The highest BCUT2D eigenvalue weighted by molar-refractivity contribution is 5.97. The smallest absolute Gasteiger partial charge is 0.241 e. The molecule has 0 unspecified atom stereocenters. The first-order valence-electron chi connectivity index (χ1n) is 7.61. The van der Waals surface area contributed by atoms with Crippen LogP contribution in [0.3, 0.4) is 0 Å². The quantitative estimate of drug-likeness (QED) is 0.946. The average Bonchev–Trinajstić information content (AvgIpc) is 3.06. The van der Waals surface area contributed by atoms with Crippen molar-refractivity contribution in [2.24, 2.45) is 0 Å². The van der Waals surface area contributed by atoms with Crippen LogP contribution < -0.4 is 5.32 Å². The summed E-state index contributed by atoms with van der Waals surface area (Å²) in [6.45, 7) is 3.40. The van der Waals surface area contributed by atoms with Crippen molar-refractivity contribution in [1.29, 1.82) is 5.26 Å². The molecule has 0 aliphatic carbocycles. The van der Waals surface area contributed by atoms with E-state index in [0.717, 1.165) is 25.9 Å². The van der Waals surface area contributed by atoms with Crippen LogP contribution in [-0.4, -0.2) is 35.4 Å². The van der Waals surface area contributed by atoms with E-state index in [9.17, 15) is 14.4 Å². The summed E-state index contributed by atoms with van der Waals surface area (Å²) in [7, 11) is 0. The first-order chi connectivity index (χ1) is 11.1. The first kappa shape index (κ1) is 15.2. The van der Waals surface area contributed by atoms with Crippen LogP contribution in [0, 0.1) is 24.1 Å². The summed E-state index contributed by atoms with van der Waals surface area (Å²) in [5, 5.41) is 12.8. The van der Waals surface area contributed by atoms with E-state index in [2.05, 4.69) is 10.3 Å². The second-order valence-corrected chi connectivity index (χ2v) is 5.72. The highest BCUT2D eigenvalue weighted by Gasteiger charge is 2.19. The van der Waals surface area contributed by atoms with Crippen molar-refractivity contribution in [2.45, 2.75) is 19.8 Å². The molecular formula is C17H17FN4O. The van der Waals surface area contributed by atoms with E-state index >= 15 is 0 Å². The van der Waals surface area contributed by atoms with Crippen LogP contribution in [0.15, 0.2) is 18.3 Å². The van der Waals surface area contributed by atoms with Crippen molar-refractivity contribution in [3.63, 3.8) is 0 Å². The third-order valence-electron chi connectivity index (χ3n) is 4.12. The molecule has 1 saturated heterocycles. The Bertz CT molecular complexity index is 806. The monoisotopic (exact) mass is 312 g/mol. The van der Waals surface area contributed by atoms with Gasteiger partial charge < -0.3 is 10.2 Å². The molecule has 0 spiro atoms. The second-order valence-electron chi connectivity index (χ2n) is 5.72. The number of fused-ring (bicyclic) bond motifs is 1. The van der Waals surface area contributed by atoms with Crippen molar-refractivity contribution in [3.05, 3.63) is 35.3 Å². The zero-order valence-corrected chi connectivity index (χ0v) is 12.9. The van der Waals surface area contributed by atoms with E-state index in [1.165, 1.54) is 18.3 Å². The largest absolute Gasteiger partial charge is 0.374 e. The van der Waals surface area contributed by atoms with Crippen molar-refractivity contribution < 1.29 is 9.18 Å². The number of nitrogens with zero attached hydrogens (tertiary/aromatic N) is 3. The van der Waals surface area contributed by atoms with Gasteiger partial charge in [0.05, 0.1) is 23.3 Å². The van der Waals surface area contributed by atoms with Crippen LogP contribution in [0.1, 0.15) is 24.0 Å². The molecule has 0 radical (unpaired) electrons. The van der Waals surface area contributed by atoms with Crippen molar-refractivity contribution in [3.8, 4) is 6.07 Å². The van der Waals surface area contributed by atoms with Gasteiger partial charge in [-0.25, -0.2) is 4.39 Å². The lowest BCUT2D eigenvalue weighted by Gasteiger charge is -2.17. The Labute approximate surface area is 133 Å². The lowest BCUT2D eigenvalue weighted by atomic mass is 10.1. The zero-order valence-electron chi connectivity index (χ0n) is 12.9.